The second-order valence-electron chi connectivity index (χ2n) is 7.51. The van der Waals surface area contributed by atoms with Crippen molar-refractivity contribution < 1.29 is 13.2 Å². The van der Waals surface area contributed by atoms with Gasteiger partial charge in [-0.25, -0.2) is 13.4 Å². The number of primary amides is 1. The molecule has 29 heavy (non-hydrogen) atoms. The number of nitrogens with one attached hydrogen (secondary N) is 1. The number of amides is 1. The van der Waals surface area contributed by atoms with E-state index in [1.807, 2.05) is 29.2 Å². The summed E-state index contributed by atoms with van der Waals surface area (Å²) in [5.41, 5.74) is 7.95. The minimum absolute atomic E-state index is 0.176. The number of sulfonamides is 1. The molecular formula is C21H24N4O3S. The van der Waals surface area contributed by atoms with Crippen LogP contribution in [0.2, 0.25) is 0 Å². The van der Waals surface area contributed by atoms with Crippen molar-refractivity contribution >= 4 is 33.5 Å². The third-order valence-electron chi connectivity index (χ3n) is 5.51. The van der Waals surface area contributed by atoms with Gasteiger partial charge in [0, 0.05) is 13.1 Å². The van der Waals surface area contributed by atoms with E-state index >= 15 is 0 Å². The van der Waals surface area contributed by atoms with Crippen LogP contribution in [0.15, 0.2) is 47.5 Å². The SMILES string of the molecule is NC(=O)C1CCCN(c2ccc(NS(=O)(=O)C3=Cc4ccccc4CC3)cn2)C1. The van der Waals surface area contributed by atoms with Gasteiger partial charge in [-0.3, -0.25) is 9.52 Å². The summed E-state index contributed by atoms with van der Waals surface area (Å²) in [6.07, 6.45) is 6.09. The highest BCUT2D eigenvalue weighted by atomic mass is 32.2. The molecule has 1 aromatic carbocycles. The quantitative estimate of drug-likeness (QED) is 0.785. The average Bonchev–Trinajstić information content (AvgIpc) is 2.74. The Labute approximate surface area is 170 Å². The van der Waals surface area contributed by atoms with Crippen LogP contribution in [0.3, 0.4) is 0 Å². The maximum Gasteiger partial charge on any atom is 0.258 e. The minimum atomic E-state index is -3.64. The lowest BCUT2D eigenvalue weighted by molar-refractivity contribution is -0.122. The fourth-order valence-electron chi connectivity index (χ4n) is 3.89. The van der Waals surface area contributed by atoms with Crippen molar-refractivity contribution in [3.05, 3.63) is 58.6 Å². The Hall–Kier alpha value is -2.87. The van der Waals surface area contributed by atoms with E-state index in [1.54, 1.807) is 18.2 Å². The normalized spacial score (nSPS) is 19.2. The molecule has 0 spiro atoms. The lowest BCUT2D eigenvalue weighted by atomic mass is 9.97. The molecule has 8 heteroatoms. The Bertz CT molecular complexity index is 1050. The van der Waals surface area contributed by atoms with Gasteiger partial charge in [0.1, 0.15) is 5.82 Å². The van der Waals surface area contributed by atoms with E-state index in [0.29, 0.717) is 35.8 Å². The van der Waals surface area contributed by atoms with Gasteiger partial charge in [-0.1, -0.05) is 24.3 Å². The topological polar surface area (TPSA) is 105 Å². The first-order valence-corrected chi connectivity index (χ1v) is 11.2. The van der Waals surface area contributed by atoms with Crippen LogP contribution in [-0.2, 0) is 21.2 Å². The predicted octanol–water partition coefficient (Wildman–Crippen LogP) is 2.51. The summed E-state index contributed by atoms with van der Waals surface area (Å²) in [5.74, 6) is 0.246. The summed E-state index contributed by atoms with van der Waals surface area (Å²) >= 11 is 0. The van der Waals surface area contributed by atoms with Crippen LogP contribution >= 0.6 is 0 Å². The molecule has 3 N–H and O–H groups in total. The number of rotatable bonds is 5. The number of nitrogens with two attached hydrogens (primary N) is 1. The van der Waals surface area contributed by atoms with E-state index in [0.717, 1.165) is 30.5 Å². The summed E-state index contributed by atoms with van der Waals surface area (Å²) in [7, 11) is -3.64. The first kappa shape index (κ1) is 19.4. The lowest BCUT2D eigenvalue weighted by Crippen LogP contribution is -2.41. The third kappa shape index (κ3) is 4.27. The van der Waals surface area contributed by atoms with Crippen molar-refractivity contribution in [2.24, 2.45) is 11.7 Å². The molecule has 1 aliphatic carbocycles. The van der Waals surface area contributed by atoms with E-state index in [2.05, 4.69) is 9.71 Å². The Morgan fingerprint density at radius 1 is 1.17 bits per heavy atom. The number of allylic oxidation sites excluding steroid dienone is 1. The molecule has 2 aliphatic rings. The fraction of sp³-hybridized carbons (Fsp3) is 0.333. The van der Waals surface area contributed by atoms with Crippen LogP contribution in [0.5, 0.6) is 0 Å². The predicted molar refractivity (Wildman–Crippen MR) is 114 cm³/mol. The highest BCUT2D eigenvalue weighted by molar-refractivity contribution is 7.96. The average molecular weight is 413 g/mol. The van der Waals surface area contributed by atoms with Crippen molar-refractivity contribution in [1.29, 1.82) is 0 Å². The monoisotopic (exact) mass is 412 g/mol. The Morgan fingerprint density at radius 3 is 2.76 bits per heavy atom. The second kappa shape index (κ2) is 7.87. The Kier molecular flexibility index (Phi) is 5.27. The van der Waals surface area contributed by atoms with Crippen LogP contribution in [0, 0.1) is 5.92 Å². The van der Waals surface area contributed by atoms with Crippen LogP contribution in [0.4, 0.5) is 11.5 Å². The van der Waals surface area contributed by atoms with Crippen molar-refractivity contribution in [1.82, 2.24) is 4.98 Å². The molecule has 4 rings (SSSR count). The van der Waals surface area contributed by atoms with E-state index in [-0.39, 0.29) is 11.8 Å². The maximum absolute atomic E-state index is 12.8. The van der Waals surface area contributed by atoms with Crippen molar-refractivity contribution in [3.8, 4) is 0 Å². The van der Waals surface area contributed by atoms with Crippen LogP contribution < -0.4 is 15.4 Å². The molecular weight excluding hydrogens is 388 g/mol. The van der Waals surface area contributed by atoms with E-state index in [4.69, 9.17) is 5.73 Å². The molecule has 2 aromatic rings. The lowest BCUT2D eigenvalue weighted by Gasteiger charge is -2.32. The van der Waals surface area contributed by atoms with E-state index < -0.39 is 10.0 Å². The number of aromatic nitrogens is 1. The number of anilines is 2. The molecule has 1 atom stereocenters. The summed E-state index contributed by atoms with van der Waals surface area (Å²) < 4.78 is 28.2. The zero-order chi connectivity index (χ0) is 20.4. The molecule has 7 nitrogen and oxygen atoms in total. The standard InChI is InChI=1S/C21H24N4O3S/c22-21(26)17-6-3-11-25(14-17)20-10-8-18(13-23-20)24-29(27,28)19-9-7-15-4-1-2-5-16(15)12-19/h1-2,4-5,8,10,12-13,17,24H,3,6-7,9,11,14H2,(H2,22,26). The first-order valence-electron chi connectivity index (χ1n) is 9.74. The van der Waals surface area contributed by atoms with Crippen LogP contribution in [0.25, 0.3) is 6.08 Å². The molecule has 152 valence electrons. The molecule has 2 heterocycles. The zero-order valence-corrected chi connectivity index (χ0v) is 16.9. The summed E-state index contributed by atoms with van der Waals surface area (Å²) in [5, 5.41) is 0. The van der Waals surface area contributed by atoms with Gasteiger partial charge in [0.15, 0.2) is 0 Å². The van der Waals surface area contributed by atoms with Gasteiger partial charge in [-0.2, -0.15) is 0 Å². The van der Waals surface area contributed by atoms with Gasteiger partial charge < -0.3 is 10.6 Å². The number of hydrogen-bond acceptors (Lipinski definition) is 5. The molecule has 1 saturated heterocycles. The number of benzene rings is 1. The largest absolute Gasteiger partial charge is 0.369 e. The first-order chi connectivity index (χ1) is 13.9. The van der Waals surface area contributed by atoms with Gasteiger partial charge in [-0.15, -0.1) is 0 Å². The molecule has 0 radical (unpaired) electrons. The van der Waals surface area contributed by atoms with Gasteiger partial charge in [-0.05, 0) is 55.0 Å². The summed E-state index contributed by atoms with van der Waals surface area (Å²) in [6, 6.07) is 11.3. The fourth-order valence-corrected chi connectivity index (χ4v) is 5.10. The number of aryl methyl sites for hydroxylation is 1. The minimum Gasteiger partial charge on any atom is -0.369 e. The highest BCUT2D eigenvalue weighted by Gasteiger charge is 2.25. The molecule has 0 saturated carbocycles. The molecule has 1 aromatic heterocycles. The number of pyridine rings is 1. The number of nitrogens with zero attached hydrogens (tertiary/aromatic N) is 2. The smallest absolute Gasteiger partial charge is 0.258 e. The molecule has 1 unspecified atom stereocenters. The second-order valence-corrected chi connectivity index (χ2v) is 9.24. The van der Waals surface area contributed by atoms with Crippen molar-refractivity contribution in [3.63, 3.8) is 0 Å². The number of piperidine rings is 1. The summed E-state index contributed by atoms with van der Waals surface area (Å²) in [4.78, 5) is 18.2. The molecule has 1 amide bonds. The van der Waals surface area contributed by atoms with Gasteiger partial charge in [0.25, 0.3) is 10.0 Å². The van der Waals surface area contributed by atoms with E-state index in [9.17, 15) is 13.2 Å². The van der Waals surface area contributed by atoms with Crippen molar-refractivity contribution in [2.75, 3.05) is 22.7 Å². The van der Waals surface area contributed by atoms with Gasteiger partial charge in [0.05, 0.1) is 22.7 Å². The number of carbonyl (C=O) groups is 1. The number of carbonyl (C=O) groups excluding carboxylic acids is 1. The number of hydrogen-bond donors (Lipinski definition) is 2. The van der Waals surface area contributed by atoms with Crippen LogP contribution in [0.1, 0.15) is 30.4 Å². The Balaban J connectivity index is 1.47. The molecule has 1 aliphatic heterocycles. The maximum atomic E-state index is 12.8. The highest BCUT2D eigenvalue weighted by Crippen LogP contribution is 2.28. The van der Waals surface area contributed by atoms with Crippen molar-refractivity contribution in [2.45, 2.75) is 25.7 Å². The third-order valence-corrected chi connectivity index (χ3v) is 7.02. The Morgan fingerprint density at radius 2 is 2.00 bits per heavy atom. The number of fused-ring (bicyclic) bond motifs is 1. The zero-order valence-electron chi connectivity index (χ0n) is 16.0. The summed E-state index contributed by atoms with van der Waals surface area (Å²) in [6.45, 7) is 1.34. The molecule has 0 bridgehead atoms. The van der Waals surface area contributed by atoms with Crippen LogP contribution in [-0.4, -0.2) is 32.4 Å². The van der Waals surface area contributed by atoms with E-state index in [1.165, 1.54) is 6.20 Å². The van der Waals surface area contributed by atoms with Gasteiger partial charge in [0.2, 0.25) is 5.91 Å². The molecule has 1 fully saturated rings. The van der Waals surface area contributed by atoms with Gasteiger partial charge >= 0.3 is 0 Å².